The van der Waals surface area contributed by atoms with Crippen LogP contribution >= 0.6 is 0 Å². The van der Waals surface area contributed by atoms with Crippen LogP contribution in [0.1, 0.15) is 26.7 Å². The van der Waals surface area contributed by atoms with E-state index in [2.05, 4.69) is 19.3 Å². The molecule has 0 bridgehead atoms. The molecule has 1 unspecified atom stereocenters. The SMILES string of the molecule is CC(C)C(CCCS(C)(=O)=O)NN. The van der Waals surface area contributed by atoms with Crippen LogP contribution in [0.5, 0.6) is 0 Å². The molecule has 0 aromatic heterocycles. The van der Waals surface area contributed by atoms with E-state index in [9.17, 15) is 8.42 Å². The largest absolute Gasteiger partial charge is 0.271 e. The van der Waals surface area contributed by atoms with E-state index in [0.29, 0.717) is 12.3 Å². The molecule has 0 saturated heterocycles. The summed E-state index contributed by atoms with van der Waals surface area (Å²) < 4.78 is 21.6. The van der Waals surface area contributed by atoms with E-state index in [1.165, 1.54) is 6.26 Å². The van der Waals surface area contributed by atoms with Gasteiger partial charge in [0.2, 0.25) is 0 Å². The van der Waals surface area contributed by atoms with Crippen LogP contribution in [0.3, 0.4) is 0 Å². The fourth-order valence-corrected chi connectivity index (χ4v) is 1.87. The van der Waals surface area contributed by atoms with Crippen molar-refractivity contribution in [3.8, 4) is 0 Å². The summed E-state index contributed by atoms with van der Waals surface area (Å²) in [4.78, 5) is 0. The van der Waals surface area contributed by atoms with E-state index in [1.54, 1.807) is 0 Å². The molecular formula is C8H20N2O2S. The van der Waals surface area contributed by atoms with Gasteiger partial charge in [0.25, 0.3) is 0 Å². The van der Waals surface area contributed by atoms with Crippen molar-refractivity contribution in [2.45, 2.75) is 32.7 Å². The van der Waals surface area contributed by atoms with Crippen molar-refractivity contribution in [3.63, 3.8) is 0 Å². The summed E-state index contributed by atoms with van der Waals surface area (Å²) >= 11 is 0. The minimum Gasteiger partial charge on any atom is -0.271 e. The molecule has 0 aromatic rings. The van der Waals surface area contributed by atoms with Gasteiger partial charge in [-0.3, -0.25) is 11.3 Å². The molecule has 0 fully saturated rings. The Morgan fingerprint density at radius 3 is 2.23 bits per heavy atom. The Morgan fingerprint density at radius 1 is 1.38 bits per heavy atom. The Balaban J connectivity index is 3.74. The third-order valence-electron chi connectivity index (χ3n) is 2.05. The number of nitrogens with two attached hydrogens (primary N) is 1. The Kier molecular flexibility index (Phi) is 5.51. The van der Waals surface area contributed by atoms with Crippen molar-refractivity contribution in [1.29, 1.82) is 0 Å². The van der Waals surface area contributed by atoms with Gasteiger partial charge < -0.3 is 0 Å². The van der Waals surface area contributed by atoms with E-state index < -0.39 is 9.84 Å². The molecule has 0 amide bonds. The Hall–Kier alpha value is -0.130. The third-order valence-corrected chi connectivity index (χ3v) is 3.08. The fourth-order valence-electron chi connectivity index (χ4n) is 1.17. The first kappa shape index (κ1) is 12.9. The molecular weight excluding hydrogens is 188 g/mol. The van der Waals surface area contributed by atoms with Crippen LogP contribution < -0.4 is 11.3 Å². The average molecular weight is 208 g/mol. The Labute approximate surface area is 80.8 Å². The van der Waals surface area contributed by atoms with Gasteiger partial charge >= 0.3 is 0 Å². The van der Waals surface area contributed by atoms with Gasteiger partial charge in [0.1, 0.15) is 9.84 Å². The van der Waals surface area contributed by atoms with E-state index in [0.717, 1.165) is 6.42 Å². The molecule has 0 aliphatic heterocycles. The number of rotatable bonds is 6. The molecule has 0 radical (unpaired) electrons. The van der Waals surface area contributed by atoms with Gasteiger partial charge in [-0.15, -0.1) is 0 Å². The molecule has 0 heterocycles. The summed E-state index contributed by atoms with van der Waals surface area (Å²) in [5, 5.41) is 0. The zero-order chi connectivity index (χ0) is 10.5. The van der Waals surface area contributed by atoms with Crippen LogP contribution in [0.4, 0.5) is 0 Å². The first-order valence-electron chi connectivity index (χ1n) is 4.50. The highest BCUT2D eigenvalue weighted by Gasteiger charge is 2.11. The zero-order valence-corrected chi connectivity index (χ0v) is 9.39. The van der Waals surface area contributed by atoms with Gasteiger partial charge in [-0.2, -0.15) is 0 Å². The van der Waals surface area contributed by atoms with Crippen molar-refractivity contribution in [2.24, 2.45) is 11.8 Å². The lowest BCUT2D eigenvalue weighted by Gasteiger charge is -2.19. The predicted octanol–water partition coefficient (Wildman–Crippen LogP) is 0.299. The van der Waals surface area contributed by atoms with Gasteiger partial charge in [0, 0.05) is 18.1 Å². The van der Waals surface area contributed by atoms with Crippen molar-refractivity contribution in [3.05, 3.63) is 0 Å². The third kappa shape index (κ3) is 6.98. The fraction of sp³-hybridized carbons (Fsp3) is 1.00. The lowest BCUT2D eigenvalue weighted by atomic mass is 10.0. The van der Waals surface area contributed by atoms with Gasteiger partial charge in [0.15, 0.2) is 0 Å². The van der Waals surface area contributed by atoms with Gasteiger partial charge in [-0.1, -0.05) is 13.8 Å². The molecule has 0 aliphatic rings. The zero-order valence-electron chi connectivity index (χ0n) is 8.58. The second-order valence-corrected chi connectivity index (χ2v) is 6.05. The van der Waals surface area contributed by atoms with Crippen molar-refractivity contribution in [1.82, 2.24) is 5.43 Å². The topological polar surface area (TPSA) is 72.2 Å². The van der Waals surface area contributed by atoms with Gasteiger partial charge in [0.05, 0.1) is 0 Å². The summed E-state index contributed by atoms with van der Waals surface area (Å²) in [6.07, 6.45) is 2.74. The first-order valence-corrected chi connectivity index (χ1v) is 6.56. The molecule has 5 heteroatoms. The van der Waals surface area contributed by atoms with E-state index in [-0.39, 0.29) is 11.8 Å². The monoisotopic (exact) mass is 208 g/mol. The van der Waals surface area contributed by atoms with Crippen LogP contribution in [0, 0.1) is 5.92 Å². The smallest absolute Gasteiger partial charge is 0.147 e. The molecule has 80 valence electrons. The van der Waals surface area contributed by atoms with E-state index >= 15 is 0 Å². The summed E-state index contributed by atoms with van der Waals surface area (Å²) in [6.45, 7) is 4.12. The summed E-state index contributed by atoms with van der Waals surface area (Å²) in [5.41, 5.74) is 2.69. The Bertz CT molecular complexity index is 224. The highest BCUT2D eigenvalue weighted by Crippen LogP contribution is 2.08. The van der Waals surface area contributed by atoms with Gasteiger partial charge in [-0.05, 0) is 18.8 Å². The summed E-state index contributed by atoms with van der Waals surface area (Å²) in [7, 11) is -2.82. The highest BCUT2D eigenvalue weighted by molar-refractivity contribution is 7.90. The molecule has 0 rings (SSSR count). The van der Waals surface area contributed by atoms with Crippen molar-refractivity contribution < 1.29 is 8.42 Å². The maximum absolute atomic E-state index is 10.8. The summed E-state index contributed by atoms with van der Waals surface area (Å²) in [6, 6.07) is 0.210. The van der Waals surface area contributed by atoms with Crippen LogP contribution in [0.15, 0.2) is 0 Å². The highest BCUT2D eigenvalue weighted by atomic mass is 32.2. The minimum absolute atomic E-state index is 0.210. The molecule has 0 spiro atoms. The van der Waals surface area contributed by atoms with Crippen molar-refractivity contribution in [2.75, 3.05) is 12.0 Å². The summed E-state index contributed by atoms with van der Waals surface area (Å²) in [5.74, 6) is 6.01. The van der Waals surface area contributed by atoms with Crippen LogP contribution in [-0.2, 0) is 9.84 Å². The molecule has 3 N–H and O–H groups in total. The number of hydrogen-bond donors (Lipinski definition) is 2. The maximum atomic E-state index is 10.8. The van der Waals surface area contributed by atoms with Crippen LogP contribution in [-0.4, -0.2) is 26.5 Å². The molecule has 13 heavy (non-hydrogen) atoms. The average Bonchev–Trinajstić information content (AvgIpc) is 1.95. The second-order valence-electron chi connectivity index (χ2n) is 3.79. The van der Waals surface area contributed by atoms with E-state index in [1.807, 2.05) is 0 Å². The normalized spacial score (nSPS) is 14.8. The first-order chi connectivity index (χ1) is 5.87. The quantitative estimate of drug-likeness (QED) is 0.486. The van der Waals surface area contributed by atoms with Crippen LogP contribution in [0.25, 0.3) is 0 Å². The minimum atomic E-state index is -2.82. The second kappa shape index (κ2) is 5.57. The lowest BCUT2D eigenvalue weighted by molar-refractivity contribution is 0.381. The molecule has 1 atom stereocenters. The maximum Gasteiger partial charge on any atom is 0.147 e. The number of hydrogen-bond acceptors (Lipinski definition) is 4. The Morgan fingerprint density at radius 2 is 1.92 bits per heavy atom. The van der Waals surface area contributed by atoms with E-state index in [4.69, 9.17) is 5.84 Å². The molecule has 4 nitrogen and oxygen atoms in total. The number of hydrazine groups is 1. The molecule has 0 saturated carbocycles. The molecule has 0 aliphatic carbocycles. The van der Waals surface area contributed by atoms with Gasteiger partial charge in [-0.25, -0.2) is 8.42 Å². The number of sulfone groups is 1. The lowest BCUT2D eigenvalue weighted by Crippen LogP contribution is -2.39. The van der Waals surface area contributed by atoms with Crippen molar-refractivity contribution >= 4 is 9.84 Å². The molecule has 0 aromatic carbocycles. The predicted molar refractivity (Wildman–Crippen MR) is 54.9 cm³/mol. The van der Waals surface area contributed by atoms with Crippen LogP contribution in [0.2, 0.25) is 0 Å². The standard InChI is InChI=1S/C8H20N2O2S/c1-7(2)8(10-9)5-4-6-13(3,11)12/h7-8,10H,4-6,9H2,1-3H3. The number of nitrogens with one attached hydrogen (secondary N) is 1.